The van der Waals surface area contributed by atoms with E-state index in [9.17, 15) is 0 Å². The zero-order chi connectivity index (χ0) is 13.4. The van der Waals surface area contributed by atoms with Crippen LogP contribution in [0.2, 0.25) is 0 Å². The van der Waals surface area contributed by atoms with Gasteiger partial charge in [0.05, 0.1) is 6.61 Å². The predicted molar refractivity (Wildman–Crippen MR) is 77.8 cm³/mol. The molecule has 0 bridgehead atoms. The number of hydrogen-bond acceptors (Lipinski definition) is 3. The maximum atomic E-state index is 6.43. The van der Waals surface area contributed by atoms with E-state index in [0.29, 0.717) is 12.1 Å². The van der Waals surface area contributed by atoms with Crippen LogP contribution in [-0.2, 0) is 4.74 Å². The minimum atomic E-state index is 0.344. The summed E-state index contributed by atoms with van der Waals surface area (Å²) in [5.74, 6) is 0.743. The van der Waals surface area contributed by atoms with Crippen molar-refractivity contribution in [1.82, 2.24) is 4.90 Å². The Hall–Kier alpha value is -0.120. The Kier molecular flexibility index (Phi) is 7.87. The van der Waals surface area contributed by atoms with Crippen LogP contribution in [0, 0.1) is 5.92 Å². The largest absolute Gasteiger partial charge is 0.383 e. The molecule has 1 rings (SSSR count). The SMILES string of the molecule is CCC(C)N(CCOC)CC(N)C1CCCCC1. The Morgan fingerprint density at radius 2 is 1.94 bits per heavy atom. The number of methoxy groups -OCH3 is 1. The van der Waals surface area contributed by atoms with Crippen LogP contribution in [0.1, 0.15) is 52.4 Å². The Morgan fingerprint density at radius 3 is 2.50 bits per heavy atom. The van der Waals surface area contributed by atoms with Gasteiger partial charge in [0, 0.05) is 32.3 Å². The lowest BCUT2D eigenvalue weighted by Gasteiger charge is -2.35. The zero-order valence-electron chi connectivity index (χ0n) is 12.5. The summed E-state index contributed by atoms with van der Waals surface area (Å²) in [4.78, 5) is 2.50. The lowest BCUT2D eigenvalue weighted by molar-refractivity contribution is 0.108. The highest BCUT2D eigenvalue weighted by atomic mass is 16.5. The van der Waals surface area contributed by atoms with Gasteiger partial charge >= 0.3 is 0 Å². The van der Waals surface area contributed by atoms with Gasteiger partial charge in [-0.1, -0.05) is 26.2 Å². The lowest BCUT2D eigenvalue weighted by Crippen LogP contribution is -2.47. The number of hydrogen-bond donors (Lipinski definition) is 1. The second-order valence-electron chi connectivity index (χ2n) is 5.81. The molecule has 0 saturated heterocycles. The van der Waals surface area contributed by atoms with E-state index in [1.165, 1.54) is 38.5 Å². The molecule has 0 aromatic heterocycles. The molecule has 0 amide bonds. The summed E-state index contributed by atoms with van der Waals surface area (Å²) in [6.45, 7) is 7.39. The highest BCUT2D eigenvalue weighted by Crippen LogP contribution is 2.26. The number of rotatable bonds is 8. The smallest absolute Gasteiger partial charge is 0.0589 e. The van der Waals surface area contributed by atoms with Crippen molar-refractivity contribution in [2.75, 3.05) is 26.8 Å². The maximum absolute atomic E-state index is 6.43. The first-order chi connectivity index (χ1) is 8.69. The molecule has 0 aromatic carbocycles. The second-order valence-corrected chi connectivity index (χ2v) is 5.81. The summed E-state index contributed by atoms with van der Waals surface area (Å²) in [6, 6.07) is 0.950. The van der Waals surface area contributed by atoms with Crippen molar-refractivity contribution in [2.24, 2.45) is 11.7 Å². The van der Waals surface area contributed by atoms with Crippen molar-refractivity contribution in [3.05, 3.63) is 0 Å². The van der Waals surface area contributed by atoms with Crippen LogP contribution >= 0.6 is 0 Å². The van der Waals surface area contributed by atoms with E-state index in [-0.39, 0.29) is 0 Å². The van der Waals surface area contributed by atoms with Crippen LogP contribution < -0.4 is 5.73 Å². The van der Waals surface area contributed by atoms with Crippen molar-refractivity contribution in [3.63, 3.8) is 0 Å². The number of ether oxygens (including phenoxy) is 1. The van der Waals surface area contributed by atoms with Crippen molar-refractivity contribution >= 4 is 0 Å². The van der Waals surface area contributed by atoms with Crippen molar-refractivity contribution < 1.29 is 4.74 Å². The molecule has 0 radical (unpaired) electrons. The van der Waals surface area contributed by atoms with Gasteiger partial charge in [0.2, 0.25) is 0 Å². The highest BCUT2D eigenvalue weighted by Gasteiger charge is 2.23. The number of nitrogens with zero attached hydrogens (tertiary/aromatic N) is 1. The molecule has 1 aliphatic carbocycles. The van der Waals surface area contributed by atoms with Gasteiger partial charge in [0.15, 0.2) is 0 Å². The van der Waals surface area contributed by atoms with Crippen LogP contribution in [0.5, 0.6) is 0 Å². The minimum absolute atomic E-state index is 0.344. The predicted octanol–water partition coefficient (Wildman–Crippen LogP) is 2.64. The van der Waals surface area contributed by atoms with Crippen LogP contribution in [0.15, 0.2) is 0 Å². The monoisotopic (exact) mass is 256 g/mol. The zero-order valence-corrected chi connectivity index (χ0v) is 12.5. The molecule has 2 atom stereocenters. The summed E-state index contributed by atoms with van der Waals surface area (Å²) in [5, 5.41) is 0. The third-order valence-electron chi connectivity index (χ3n) is 4.50. The van der Waals surface area contributed by atoms with Gasteiger partial charge in [-0.3, -0.25) is 4.90 Å². The molecule has 1 saturated carbocycles. The Balaban J connectivity index is 2.41. The van der Waals surface area contributed by atoms with Crippen molar-refractivity contribution in [2.45, 2.75) is 64.5 Å². The molecular weight excluding hydrogens is 224 g/mol. The quantitative estimate of drug-likeness (QED) is 0.725. The van der Waals surface area contributed by atoms with Crippen LogP contribution in [0.3, 0.4) is 0 Å². The van der Waals surface area contributed by atoms with E-state index in [0.717, 1.165) is 25.6 Å². The van der Waals surface area contributed by atoms with Gasteiger partial charge in [0.25, 0.3) is 0 Å². The molecule has 3 nitrogen and oxygen atoms in total. The topological polar surface area (TPSA) is 38.5 Å². The van der Waals surface area contributed by atoms with Gasteiger partial charge in [0.1, 0.15) is 0 Å². The summed E-state index contributed by atoms with van der Waals surface area (Å²) >= 11 is 0. The maximum Gasteiger partial charge on any atom is 0.0589 e. The third-order valence-corrected chi connectivity index (χ3v) is 4.50. The lowest BCUT2D eigenvalue weighted by atomic mass is 9.84. The van der Waals surface area contributed by atoms with E-state index >= 15 is 0 Å². The van der Waals surface area contributed by atoms with Crippen LogP contribution in [0.25, 0.3) is 0 Å². The summed E-state index contributed by atoms with van der Waals surface area (Å²) < 4.78 is 5.21. The molecule has 3 heteroatoms. The van der Waals surface area contributed by atoms with Gasteiger partial charge in [-0.25, -0.2) is 0 Å². The van der Waals surface area contributed by atoms with Gasteiger partial charge in [-0.15, -0.1) is 0 Å². The summed E-state index contributed by atoms with van der Waals surface area (Å²) in [6.07, 6.45) is 8.00. The Labute approximate surface area is 113 Å². The van der Waals surface area contributed by atoms with E-state index in [2.05, 4.69) is 18.7 Å². The first kappa shape index (κ1) is 15.9. The van der Waals surface area contributed by atoms with E-state index in [1.54, 1.807) is 7.11 Å². The summed E-state index contributed by atoms with van der Waals surface area (Å²) in [7, 11) is 1.77. The highest BCUT2D eigenvalue weighted by molar-refractivity contribution is 4.81. The average Bonchev–Trinajstić information content (AvgIpc) is 2.43. The van der Waals surface area contributed by atoms with Crippen LogP contribution in [-0.4, -0.2) is 43.8 Å². The molecule has 0 spiro atoms. The fourth-order valence-corrected chi connectivity index (χ4v) is 2.94. The van der Waals surface area contributed by atoms with Crippen molar-refractivity contribution in [1.29, 1.82) is 0 Å². The van der Waals surface area contributed by atoms with Gasteiger partial charge in [-0.05, 0) is 32.1 Å². The molecule has 2 N–H and O–H groups in total. The molecule has 0 aromatic rings. The van der Waals surface area contributed by atoms with Crippen molar-refractivity contribution in [3.8, 4) is 0 Å². The Morgan fingerprint density at radius 1 is 1.28 bits per heavy atom. The molecule has 18 heavy (non-hydrogen) atoms. The standard InChI is InChI=1S/C15H32N2O/c1-4-13(2)17(10-11-18-3)12-15(16)14-8-6-5-7-9-14/h13-15H,4-12,16H2,1-3H3. The molecule has 0 aliphatic heterocycles. The summed E-state index contributed by atoms with van der Waals surface area (Å²) in [5.41, 5.74) is 6.43. The minimum Gasteiger partial charge on any atom is -0.383 e. The molecule has 108 valence electrons. The molecule has 1 aliphatic rings. The fourth-order valence-electron chi connectivity index (χ4n) is 2.94. The first-order valence-corrected chi connectivity index (χ1v) is 7.67. The van der Waals surface area contributed by atoms with E-state index in [1.807, 2.05) is 0 Å². The molecule has 0 heterocycles. The van der Waals surface area contributed by atoms with Gasteiger partial charge < -0.3 is 10.5 Å². The van der Waals surface area contributed by atoms with Gasteiger partial charge in [-0.2, -0.15) is 0 Å². The fraction of sp³-hybridized carbons (Fsp3) is 1.00. The van der Waals surface area contributed by atoms with E-state index < -0.39 is 0 Å². The second kappa shape index (κ2) is 8.89. The normalized spacial score (nSPS) is 21.2. The molecule has 1 fully saturated rings. The van der Waals surface area contributed by atoms with Crippen LogP contribution in [0.4, 0.5) is 0 Å². The third kappa shape index (κ3) is 5.25. The Bertz CT molecular complexity index is 205. The van der Waals surface area contributed by atoms with E-state index in [4.69, 9.17) is 10.5 Å². The molecular formula is C15H32N2O. The first-order valence-electron chi connectivity index (χ1n) is 7.67. The number of nitrogens with two attached hydrogens (primary N) is 1. The average molecular weight is 256 g/mol. The molecule has 2 unspecified atom stereocenters.